The van der Waals surface area contributed by atoms with Gasteiger partial charge in [0.05, 0.1) is 17.0 Å². The summed E-state index contributed by atoms with van der Waals surface area (Å²) in [6.45, 7) is -0.432. The average molecular weight is 263 g/mol. The van der Waals surface area contributed by atoms with Crippen molar-refractivity contribution in [2.75, 3.05) is 11.9 Å². The molecule has 18 heavy (non-hydrogen) atoms. The number of amides is 1. The molecule has 0 spiro atoms. The van der Waals surface area contributed by atoms with Crippen molar-refractivity contribution in [3.8, 4) is 0 Å². The number of hydrogen-bond acceptors (Lipinski definition) is 4. The molecule has 0 aliphatic heterocycles. The Labute approximate surface area is 98.7 Å². The number of alkyl halides is 3. The van der Waals surface area contributed by atoms with Crippen molar-refractivity contribution in [3.63, 3.8) is 0 Å². The molecule has 1 rings (SSSR count). The Morgan fingerprint density at radius 3 is 2.50 bits per heavy atom. The van der Waals surface area contributed by atoms with E-state index in [2.05, 4.69) is 0 Å². The number of nitrogens with two attached hydrogens (primary N) is 1. The first-order chi connectivity index (χ1) is 8.25. The van der Waals surface area contributed by atoms with Crippen LogP contribution in [0.3, 0.4) is 0 Å². The van der Waals surface area contributed by atoms with E-state index in [-0.39, 0.29) is 5.69 Å². The summed E-state index contributed by atoms with van der Waals surface area (Å²) in [5, 5.41) is 12.7. The average Bonchev–Trinajstić information content (AvgIpc) is 2.27. The van der Waals surface area contributed by atoms with E-state index in [0.29, 0.717) is 12.1 Å². The highest BCUT2D eigenvalue weighted by Crippen LogP contribution is 2.34. The molecule has 0 aliphatic rings. The van der Waals surface area contributed by atoms with E-state index >= 15 is 0 Å². The molecule has 6 nitrogen and oxygen atoms in total. The van der Waals surface area contributed by atoms with Gasteiger partial charge in [0, 0.05) is 6.07 Å². The Bertz CT molecular complexity index is 488. The van der Waals surface area contributed by atoms with Gasteiger partial charge in [0.1, 0.15) is 5.69 Å². The minimum Gasteiger partial charge on any atom is -0.322 e. The van der Waals surface area contributed by atoms with Gasteiger partial charge in [0.15, 0.2) is 0 Å². The van der Waals surface area contributed by atoms with Gasteiger partial charge in [-0.2, -0.15) is 13.2 Å². The fourth-order valence-corrected chi connectivity index (χ4v) is 1.17. The summed E-state index contributed by atoms with van der Waals surface area (Å²) >= 11 is 0. The van der Waals surface area contributed by atoms with Gasteiger partial charge in [-0.05, 0) is 12.1 Å². The summed E-state index contributed by atoms with van der Waals surface area (Å²) in [5.74, 6) is -0.738. The van der Waals surface area contributed by atoms with E-state index in [9.17, 15) is 28.1 Å². The van der Waals surface area contributed by atoms with Crippen LogP contribution in [0.25, 0.3) is 0 Å². The van der Waals surface area contributed by atoms with E-state index in [4.69, 9.17) is 5.73 Å². The van der Waals surface area contributed by atoms with Gasteiger partial charge in [-0.15, -0.1) is 0 Å². The number of carbonyl (C=O) groups is 1. The third-order valence-electron chi connectivity index (χ3n) is 1.98. The van der Waals surface area contributed by atoms with Crippen LogP contribution in [-0.4, -0.2) is 17.4 Å². The second-order valence-corrected chi connectivity index (χ2v) is 3.24. The molecule has 0 bridgehead atoms. The SMILES string of the molecule is NCC(=O)Nc1ccc(C(F)(F)F)cc1[N+](=O)[O-]. The van der Waals surface area contributed by atoms with Crippen molar-refractivity contribution in [1.29, 1.82) is 0 Å². The minimum atomic E-state index is -4.69. The molecule has 1 amide bonds. The van der Waals surface area contributed by atoms with Crippen molar-refractivity contribution in [2.45, 2.75) is 6.18 Å². The van der Waals surface area contributed by atoms with Crippen molar-refractivity contribution in [3.05, 3.63) is 33.9 Å². The number of hydrogen-bond donors (Lipinski definition) is 2. The maximum Gasteiger partial charge on any atom is 0.416 e. The number of rotatable bonds is 3. The lowest BCUT2D eigenvalue weighted by molar-refractivity contribution is -0.384. The summed E-state index contributed by atoms with van der Waals surface area (Å²) in [5.41, 5.74) is 2.65. The standard InChI is InChI=1S/C9H8F3N3O3/c10-9(11,12)5-1-2-6(14-8(16)4-13)7(3-5)15(17)18/h1-3H,4,13H2,(H,14,16). The van der Waals surface area contributed by atoms with Crippen LogP contribution in [0.15, 0.2) is 18.2 Å². The fraction of sp³-hybridized carbons (Fsp3) is 0.222. The number of carbonyl (C=O) groups excluding carboxylic acids is 1. The van der Waals surface area contributed by atoms with Gasteiger partial charge >= 0.3 is 6.18 Å². The van der Waals surface area contributed by atoms with Crippen LogP contribution in [0.5, 0.6) is 0 Å². The maximum absolute atomic E-state index is 12.4. The predicted octanol–water partition coefficient (Wildman–Crippen LogP) is 1.51. The smallest absolute Gasteiger partial charge is 0.322 e. The van der Waals surface area contributed by atoms with E-state index in [1.54, 1.807) is 0 Å². The summed E-state index contributed by atoms with van der Waals surface area (Å²) < 4.78 is 37.1. The highest BCUT2D eigenvalue weighted by Gasteiger charge is 2.33. The first-order valence-corrected chi connectivity index (χ1v) is 4.61. The number of nitrogens with zero attached hydrogens (tertiary/aromatic N) is 1. The largest absolute Gasteiger partial charge is 0.416 e. The Kier molecular flexibility index (Phi) is 3.86. The molecular weight excluding hydrogens is 255 g/mol. The van der Waals surface area contributed by atoms with Crippen molar-refractivity contribution >= 4 is 17.3 Å². The van der Waals surface area contributed by atoms with Gasteiger partial charge in [-0.3, -0.25) is 14.9 Å². The van der Waals surface area contributed by atoms with E-state index in [1.165, 1.54) is 0 Å². The highest BCUT2D eigenvalue weighted by molar-refractivity contribution is 5.94. The topological polar surface area (TPSA) is 98.3 Å². The lowest BCUT2D eigenvalue weighted by Crippen LogP contribution is -2.22. The van der Waals surface area contributed by atoms with E-state index < -0.39 is 34.8 Å². The number of nitro groups is 1. The quantitative estimate of drug-likeness (QED) is 0.637. The van der Waals surface area contributed by atoms with Crippen LogP contribution in [0.4, 0.5) is 24.5 Å². The molecule has 1 aromatic carbocycles. The number of anilines is 1. The molecule has 0 atom stereocenters. The third-order valence-corrected chi connectivity index (χ3v) is 1.98. The summed E-state index contributed by atoms with van der Waals surface area (Å²) in [6, 6.07) is 1.81. The predicted molar refractivity (Wildman–Crippen MR) is 55.8 cm³/mol. The molecule has 9 heteroatoms. The number of nitro benzene ring substituents is 1. The molecule has 0 aliphatic carbocycles. The molecule has 0 radical (unpaired) electrons. The molecular formula is C9H8F3N3O3. The monoisotopic (exact) mass is 263 g/mol. The van der Waals surface area contributed by atoms with Gasteiger partial charge in [0.2, 0.25) is 5.91 Å². The lowest BCUT2D eigenvalue weighted by atomic mass is 10.1. The summed E-state index contributed by atoms with van der Waals surface area (Å²) in [4.78, 5) is 20.6. The zero-order chi connectivity index (χ0) is 13.9. The van der Waals surface area contributed by atoms with Crippen LogP contribution in [0.2, 0.25) is 0 Å². The first kappa shape index (κ1) is 13.9. The molecule has 0 saturated carbocycles. The number of nitrogens with one attached hydrogen (secondary N) is 1. The van der Waals surface area contributed by atoms with Crippen molar-refractivity contribution < 1.29 is 22.9 Å². The second kappa shape index (κ2) is 5.00. The Morgan fingerprint density at radius 1 is 1.44 bits per heavy atom. The molecule has 3 N–H and O–H groups in total. The molecule has 0 aromatic heterocycles. The zero-order valence-corrected chi connectivity index (χ0v) is 8.82. The third kappa shape index (κ3) is 3.17. The van der Waals surface area contributed by atoms with Crippen LogP contribution in [-0.2, 0) is 11.0 Å². The normalized spacial score (nSPS) is 11.1. The zero-order valence-electron chi connectivity index (χ0n) is 8.82. The molecule has 98 valence electrons. The van der Waals surface area contributed by atoms with E-state index in [1.807, 2.05) is 5.32 Å². The van der Waals surface area contributed by atoms with Gasteiger partial charge < -0.3 is 11.1 Å². The van der Waals surface area contributed by atoms with Gasteiger partial charge in [0.25, 0.3) is 5.69 Å². The second-order valence-electron chi connectivity index (χ2n) is 3.24. The first-order valence-electron chi connectivity index (χ1n) is 4.61. The maximum atomic E-state index is 12.4. The molecule has 0 unspecified atom stereocenters. The Morgan fingerprint density at radius 2 is 2.06 bits per heavy atom. The minimum absolute atomic E-state index is 0.330. The number of halogens is 3. The van der Waals surface area contributed by atoms with Crippen LogP contribution >= 0.6 is 0 Å². The van der Waals surface area contributed by atoms with E-state index in [0.717, 1.165) is 6.07 Å². The summed E-state index contributed by atoms with van der Waals surface area (Å²) in [7, 11) is 0. The van der Waals surface area contributed by atoms with Crippen molar-refractivity contribution in [2.24, 2.45) is 5.73 Å². The highest BCUT2D eigenvalue weighted by atomic mass is 19.4. The van der Waals surface area contributed by atoms with Gasteiger partial charge in [-0.1, -0.05) is 0 Å². The summed E-state index contributed by atoms with van der Waals surface area (Å²) in [6.07, 6.45) is -4.69. The molecule has 1 aromatic rings. The molecule has 0 saturated heterocycles. The Hall–Kier alpha value is -2.16. The van der Waals surface area contributed by atoms with Crippen LogP contribution in [0, 0.1) is 10.1 Å². The van der Waals surface area contributed by atoms with Crippen molar-refractivity contribution in [1.82, 2.24) is 0 Å². The Balaban J connectivity index is 3.21. The molecule has 0 heterocycles. The van der Waals surface area contributed by atoms with Crippen LogP contribution < -0.4 is 11.1 Å². The fourth-order valence-electron chi connectivity index (χ4n) is 1.17. The van der Waals surface area contributed by atoms with Gasteiger partial charge in [-0.25, -0.2) is 0 Å². The van der Waals surface area contributed by atoms with Crippen LogP contribution in [0.1, 0.15) is 5.56 Å². The number of benzene rings is 1. The lowest BCUT2D eigenvalue weighted by Gasteiger charge is -2.09. The molecule has 0 fully saturated rings.